The molecule has 0 aromatic rings. The summed E-state index contributed by atoms with van der Waals surface area (Å²) in [6.45, 7) is 0.0772. The largest absolute Gasteiger partial charge is 0.313 e. The zero-order valence-corrected chi connectivity index (χ0v) is 9.43. The third kappa shape index (κ3) is 4.00. The van der Waals surface area contributed by atoms with Gasteiger partial charge in [0.1, 0.15) is 0 Å². The van der Waals surface area contributed by atoms with Crippen molar-refractivity contribution in [2.75, 3.05) is 25.9 Å². The van der Waals surface area contributed by atoms with Crippen LogP contribution in [0.4, 0.5) is 8.78 Å². The number of alkyl halides is 2. The molecule has 0 spiro atoms. The van der Waals surface area contributed by atoms with Crippen LogP contribution >= 0.6 is 0 Å². The molecule has 4 nitrogen and oxygen atoms in total. The van der Waals surface area contributed by atoms with Crippen LogP contribution < -0.4 is 5.32 Å². The molecular weight excluding hydrogens is 226 g/mol. The summed E-state index contributed by atoms with van der Waals surface area (Å²) in [6, 6.07) is -0.0878. The summed E-state index contributed by atoms with van der Waals surface area (Å²) in [5.41, 5.74) is 0. The molecule has 0 radical (unpaired) electrons. The van der Waals surface area contributed by atoms with Crippen LogP contribution in [0.15, 0.2) is 0 Å². The third-order valence-corrected chi connectivity index (χ3v) is 4.37. The molecule has 1 heterocycles. The lowest BCUT2D eigenvalue weighted by atomic mass is 10.3. The fourth-order valence-corrected chi connectivity index (χ4v) is 2.98. The molecule has 0 saturated carbocycles. The van der Waals surface area contributed by atoms with Gasteiger partial charge in [-0.2, -0.15) is 4.31 Å². The molecule has 1 aliphatic heterocycles. The highest BCUT2D eigenvalue weighted by Crippen LogP contribution is 2.11. The van der Waals surface area contributed by atoms with Crippen molar-refractivity contribution >= 4 is 10.0 Å². The van der Waals surface area contributed by atoms with Crippen molar-refractivity contribution < 1.29 is 17.2 Å². The first-order valence-electron chi connectivity index (χ1n) is 4.87. The highest BCUT2D eigenvalue weighted by Gasteiger charge is 2.26. The lowest BCUT2D eigenvalue weighted by molar-refractivity contribution is 0.126. The van der Waals surface area contributed by atoms with Gasteiger partial charge < -0.3 is 5.32 Å². The minimum absolute atomic E-state index is 0.0871. The number of hydrogen-bond donors (Lipinski definition) is 1. The number of hydrogen-bond acceptors (Lipinski definition) is 3. The highest BCUT2D eigenvalue weighted by atomic mass is 32.2. The van der Waals surface area contributed by atoms with E-state index in [0.717, 1.165) is 23.7 Å². The summed E-state index contributed by atoms with van der Waals surface area (Å²) in [7, 11) is -2.36. The van der Waals surface area contributed by atoms with Crippen molar-refractivity contribution in [3.8, 4) is 0 Å². The summed E-state index contributed by atoms with van der Waals surface area (Å²) in [4.78, 5) is 0. The molecule has 1 aliphatic rings. The van der Waals surface area contributed by atoms with Crippen LogP contribution in [-0.2, 0) is 10.0 Å². The Labute approximate surface area is 88.7 Å². The van der Waals surface area contributed by atoms with Gasteiger partial charge in [0, 0.05) is 13.1 Å². The van der Waals surface area contributed by atoms with E-state index in [2.05, 4.69) is 5.32 Å². The number of nitrogens with one attached hydrogen (secondary N) is 1. The summed E-state index contributed by atoms with van der Waals surface area (Å²) in [5.74, 6) is -0.0871. The fourth-order valence-electron chi connectivity index (χ4n) is 1.59. The molecular formula is C8H16F2N2O2S. The van der Waals surface area contributed by atoms with Gasteiger partial charge in [0.05, 0.1) is 12.3 Å². The van der Waals surface area contributed by atoms with Gasteiger partial charge in [0.25, 0.3) is 6.43 Å². The van der Waals surface area contributed by atoms with Crippen molar-refractivity contribution in [1.29, 1.82) is 0 Å². The maximum absolute atomic E-state index is 12.0. The third-order valence-electron chi connectivity index (χ3n) is 2.44. The van der Waals surface area contributed by atoms with Gasteiger partial charge in [-0.25, -0.2) is 17.2 Å². The SMILES string of the molecule is CN(CC(F)F)S(=O)(=O)CC1CCCN1. The van der Waals surface area contributed by atoms with E-state index in [9.17, 15) is 17.2 Å². The second kappa shape index (κ2) is 5.18. The van der Waals surface area contributed by atoms with E-state index in [1.165, 1.54) is 7.05 Å². The predicted octanol–water partition coefficient (Wildman–Crippen LogP) is 0.265. The van der Waals surface area contributed by atoms with E-state index < -0.39 is 23.0 Å². The Bertz CT molecular complexity index is 289. The topological polar surface area (TPSA) is 49.4 Å². The van der Waals surface area contributed by atoms with Crippen molar-refractivity contribution in [3.63, 3.8) is 0 Å². The van der Waals surface area contributed by atoms with Crippen LogP contribution in [-0.4, -0.2) is 51.1 Å². The molecule has 0 aromatic heterocycles. The minimum atomic E-state index is -3.55. The molecule has 90 valence electrons. The number of rotatable bonds is 5. The Hall–Kier alpha value is -0.270. The smallest absolute Gasteiger partial charge is 0.252 e. The molecule has 1 atom stereocenters. The van der Waals surface area contributed by atoms with E-state index in [1.807, 2.05) is 0 Å². The molecule has 15 heavy (non-hydrogen) atoms. The molecule has 1 N–H and O–H groups in total. The lowest BCUT2D eigenvalue weighted by Crippen LogP contribution is -2.39. The van der Waals surface area contributed by atoms with E-state index in [4.69, 9.17) is 0 Å². The predicted molar refractivity (Wildman–Crippen MR) is 53.4 cm³/mol. The van der Waals surface area contributed by atoms with Gasteiger partial charge in [-0.1, -0.05) is 0 Å². The van der Waals surface area contributed by atoms with Crippen molar-refractivity contribution in [3.05, 3.63) is 0 Å². The van der Waals surface area contributed by atoms with Crippen LogP contribution in [0.5, 0.6) is 0 Å². The molecule has 0 amide bonds. The Kier molecular flexibility index (Phi) is 4.42. The van der Waals surface area contributed by atoms with Crippen LogP contribution in [0.25, 0.3) is 0 Å². The Morgan fingerprint density at radius 2 is 2.20 bits per heavy atom. The summed E-state index contributed by atoms with van der Waals surface area (Å²) < 4.78 is 47.9. The number of halogens is 2. The molecule has 1 fully saturated rings. The zero-order chi connectivity index (χ0) is 11.5. The van der Waals surface area contributed by atoms with Crippen molar-refractivity contribution in [1.82, 2.24) is 9.62 Å². The standard InChI is InChI=1S/C8H16F2N2O2S/c1-12(5-8(9)10)15(13,14)6-7-3-2-4-11-7/h7-8,11H,2-6H2,1H3. The fraction of sp³-hybridized carbons (Fsp3) is 1.00. The summed E-state index contributed by atoms with van der Waals surface area (Å²) in [5, 5.41) is 3.03. The monoisotopic (exact) mass is 242 g/mol. The summed E-state index contributed by atoms with van der Waals surface area (Å²) in [6.07, 6.45) is -0.887. The maximum atomic E-state index is 12.0. The van der Waals surface area contributed by atoms with Gasteiger partial charge in [0.2, 0.25) is 10.0 Å². The molecule has 1 unspecified atom stereocenters. The van der Waals surface area contributed by atoms with Gasteiger partial charge in [-0.15, -0.1) is 0 Å². The zero-order valence-electron chi connectivity index (χ0n) is 8.62. The molecule has 7 heteroatoms. The first-order chi connectivity index (χ1) is 6.92. The molecule has 1 saturated heterocycles. The van der Waals surface area contributed by atoms with Crippen molar-refractivity contribution in [2.45, 2.75) is 25.3 Å². The van der Waals surface area contributed by atoms with Crippen LogP contribution in [0, 0.1) is 0 Å². The lowest BCUT2D eigenvalue weighted by Gasteiger charge is -2.19. The first-order valence-corrected chi connectivity index (χ1v) is 6.48. The average Bonchev–Trinajstić information content (AvgIpc) is 2.54. The molecule has 0 aliphatic carbocycles. The normalized spacial score (nSPS) is 22.9. The van der Waals surface area contributed by atoms with Crippen LogP contribution in [0.1, 0.15) is 12.8 Å². The van der Waals surface area contributed by atoms with Gasteiger partial charge in [0.15, 0.2) is 0 Å². The van der Waals surface area contributed by atoms with Gasteiger partial charge >= 0.3 is 0 Å². The first kappa shape index (κ1) is 12.8. The maximum Gasteiger partial charge on any atom is 0.252 e. The second-order valence-electron chi connectivity index (χ2n) is 3.74. The second-order valence-corrected chi connectivity index (χ2v) is 5.86. The Balaban J connectivity index is 2.49. The molecule has 1 rings (SSSR count). The Morgan fingerprint density at radius 1 is 1.53 bits per heavy atom. The average molecular weight is 242 g/mol. The van der Waals surface area contributed by atoms with E-state index in [0.29, 0.717) is 0 Å². The highest BCUT2D eigenvalue weighted by molar-refractivity contribution is 7.89. The van der Waals surface area contributed by atoms with E-state index in [1.54, 1.807) is 0 Å². The van der Waals surface area contributed by atoms with E-state index in [-0.39, 0.29) is 11.8 Å². The number of nitrogens with zero attached hydrogens (tertiary/aromatic N) is 1. The quantitative estimate of drug-likeness (QED) is 0.752. The molecule has 0 aromatic carbocycles. The van der Waals surface area contributed by atoms with Gasteiger partial charge in [-0.05, 0) is 19.4 Å². The van der Waals surface area contributed by atoms with Gasteiger partial charge in [-0.3, -0.25) is 0 Å². The summed E-state index contributed by atoms with van der Waals surface area (Å²) >= 11 is 0. The van der Waals surface area contributed by atoms with E-state index >= 15 is 0 Å². The molecule has 0 bridgehead atoms. The minimum Gasteiger partial charge on any atom is -0.313 e. The Morgan fingerprint density at radius 3 is 2.67 bits per heavy atom. The van der Waals surface area contributed by atoms with Crippen LogP contribution in [0.2, 0.25) is 0 Å². The van der Waals surface area contributed by atoms with Crippen molar-refractivity contribution in [2.24, 2.45) is 0 Å². The van der Waals surface area contributed by atoms with Crippen LogP contribution in [0.3, 0.4) is 0 Å². The number of sulfonamides is 1.